The number of halogens is 1. The van der Waals surface area contributed by atoms with Crippen molar-refractivity contribution in [3.8, 4) is 5.75 Å². The quantitative estimate of drug-likeness (QED) is 0.586. The molecule has 3 N–H and O–H groups in total. The molecular weight excluding hydrogens is 284 g/mol. The summed E-state index contributed by atoms with van der Waals surface area (Å²) in [5.41, 5.74) is 0. The lowest BCUT2D eigenvalue weighted by molar-refractivity contribution is -0.118. The van der Waals surface area contributed by atoms with E-state index in [-0.39, 0.29) is 5.75 Å². The van der Waals surface area contributed by atoms with Crippen LogP contribution in [0.25, 0.3) is 0 Å². The molecule has 0 spiro atoms. The van der Waals surface area contributed by atoms with E-state index < -0.39 is 17.3 Å². The van der Waals surface area contributed by atoms with E-state index in [4.69, 9.17) is 11.6 Å². The largest absolute Gasteiger partial charge is 0.507 e. The molecule has 1 unspecified atom stereocenters. The van der Waals surface area contributed by atoms with Crippen LogP contribution in [0.3, 0.4) is 0 Å². The average Bonchev–Trinajstić information content (AvgIpc) is 2.59. The molecule has 1 fully saturated rings. The van der Waals surface area contributed by atoms with Crippen LogP contribution in [0.1, 0.15) is 0 Å². The topological polar surface area (TPSA) is 78.4 Å². The third-order valence-electron chi connectivity index (χ3n) is 1.89. The fourth-order valence-electron chi connectivity index (χ4n) is 1.12. The van der Waals surface area contributed by atoms with Crippen LogP contribution in [0.15, 0.2) is 23.1 Å². The summed E-state index contributed by atoms with van der Waals surface area (Å²) < 4.78 is 0. The molecule has 2 rings (SSSR count). The monoisotopic (exact) mass is 290 g/mol. The van der Waals surface area contributed by atoms with E-state index in [1.54, 1.807) is 12.1 Å². The zero-order valence-electron chi connectivity index (χ0n) is 8.27. The van der Waals surface area contributed by atoms with Crippen molar-refractivity contribution in [3.63, 3.8) is 0 Å². The number of carbonyl (C=O) groups excluding carboxylic acids is 2. The van der Waals surface area contributed by atoms with E-state index in [1.165, 1.54) is 16.9 Å². The second kappa shape index (κ2) is 5.07. The zero-order valence-corrected chi connectivity index (χ0v) is 10.7. The lowest BCUT2D eigenvalue weighted by atomic mass is 10.3. The lowest BCUT2D eigenvalue weighted by Crippen LogP contribution is -2.23. The van der Waals surface area contributed by atoms with Gasteiger partial charge in [-0.2, -0.15) is 0 Å². The Morgan fingerprint density at radius 2 is 2.12 bits per heavy atom. The second-order valence-electron chi connectivity index (χ2n) is 3.13. The molecule has 0 aliphatic carbocycles. The first kappa shape index (κ1) is 12.4. The third kappa shape index (κ3) is 2.99. The van der Waals surface area contributed by atoms with Crippen LogP contribution in [0.4, 0.5) is 4.79 Å². The fourth-order valence-corrected chi connectivity index (χ4v) is 3.59. The predicted molar refractivity (Wildman–Crippen MR) is 67.0 cm³/mol. The molecule has 8 heteroatoms. The molecule has 1 aliphatic heterocycles. The summed E-state index contributed by atoms with van der Waals surface area (Å²) in [5.74, 6) is -0.314. The number of phenolic OH excluding ortho intramolecular Hbond substituents is 1. The number of imide groups is 1. The minimum absolute atomic E-state index is 0.0802. The van der Waals surface area contributed by atoms with Gasteiger partial charge in [-0.3, -0.25) is 10.1 Å². The van der Waals surface area contributed by atoms with Gasteiger partial charge in [-0.1, -0.05) is 33.2 Å². The van der Waals surface area contributed by atoms with Gasteiger partial charge in [0.15, 0.2) is 5.37 Å². The summed E-state index contributed by atoms with van der Waals surface area (Å²) in [4.78, 5) is 22.6. The Balaban J connectivity index is 2.00. The van der Waals surface area contributed by atoms with E-state index in [0.717, 1.165) is 10.8 Å². The normalized spacial score (nSPS) is 19.0. The van der Waals surface area contributed by atoms with Crippen molar-refractivity contribution in [2.45, 2.75) is 10.3 Å². The molecule has 1 atom stereocenters. The molecule has 0 aromatic heterocycles. The summed E-state index contributed by atoms with van der Waals surface area (Å²) in [6, 6.07) is 4.11. The number of rotatable bonds is 3. The molecule has 1 heterocycles. The fraction of sp³-hybridized carbons (Fsp3) is 0.111. The van der Waals surface area contributed by atoms with E-state index in [0.29, 0.717) is 9.92 Å². The number of phenols is 1. The molecule has 90 valence electrons. The minimum atomic E-state index is -0.661. The molecule has 3 amide bonds. The van der Waals surface area contributed by atoms with Gasteiger partial charge < -0.3 is 10.4 Å². The highest BCUT2D eigenvalue weighted by molar-refractivity contribution is 8.77. The number of hydrogen-bond acceptors (Lipinski definition) is 5. The lowest BCUT2D eigenvalue weighted by Gasteiger charge is -2.07. The average molecular weight is 291 g/mol. The first-order chi connectivity index (χ1) is 8.06. The standard InChI is InChI=1S/C9H7ClN2O3S2/c10-4-1-2-5(13)6(3-4)16-17-8-7(14)11-9(15)12-8/h1-3,8,13H,(H2,11,12,14,15). The number of carbonyl (C=O) groups is 2. The van der Waals surface area contributed by atoms with E-state index in [1.807, 2.05) is 0 Å². The van der Waals surface area contributed by atoms with Crippen molar-refractivity contribution in [1.82, 2.24) is 10.6 Å². The minimum Gasteiger partial charge on any atom is -0.507 e. The van der Waals surface area contributed by atoms with Gasteiger partial charge in [0.05, 0.1) is 4.90 Å². The predicted octanol–water partition coefficient (Wildman–Crippen LogP) is 1.95. The summed E-state index contributed by atoms with van der Waals surface area (Å²) in [6.45, 7) is 0. The van der Waals surface area contributed by atoms with Crippen LogP contribution in [0.5, 0.6) is 5.75 Å². The SMILES string of the molecule is O=C1NC(=O)C(SSc2cc(Cl)ccc2O)N1. The van der Waals surface area contributed by atoms with Crippen LogP contribution >= 0.6 is 33.2 Å². The Morgan fingerprint density at radius 3 is 2.76 bits per heavy atom. The van der Waals surface area contributed by atoms with Gasteiger partial charge in [-0.05, 0) is 18.2 Å². The molecular formula is C9H7ClN2O3S2. The molecule has 0 bridgehead atoms. The zero-order chi connectivity index (χ0) is 12.4. The molecule has 0 saturated carbocycles. The van der Waals surface area contributed by atoms with Crippen LogP contribution in [0.2, 0.25) is 5.02 Å². The van der Waals surface area contributed by atoms with Gasteiger partial charge in [0.2, 0.25) is 0 Å². The van der Waals surface area contributed by atoms with Crippen molar-refractivity contribution in [1.29, 1.82) is 0 Å². The molecule has 1 aromatic rings. The van der Waals surface area contributed by atoms with Crippen LogP contribution < -0.4 is 10.6 Å². The van der Waals surface area contributed by atoms with E-state index >= 15 is 0 Å². The van der Waals surface area contributed by atoms with Crippen LogP contribution in [0, 0.1) is 0 Å². The van der Waals surface area contributed by atoms with Gasteiger partial charge in [0.1, 0.15) is 5.75 Å². The molecule has 5 nitrogen and oxygen atoms in total. The van der Waals surface area contributed by atoms with Gasteiger partial charge in [-0.15, -0.1) is 0 Å². The van der Waals surface area contributed by atoms with E-state index in [2.05, 4.69) is 10.6 Å². The maximum absolute atomic E-state index is 11.2. The molecule has 0 radical (unpaired) electrons. The number of benzene rings is 1. The van der Waals surface area contributed by atoms with Gasteiger partial charge in [-0.25, -0.2) is 4.79 Å². The Bertz CT molecular complexity index is 483. The highest BCUT2D eigenvalue weighted by Crippen LogP contribution is 2.40. The number of urea groups is 1. The number of aromatic hydroxyl groups is 1. The van der Waals surface area contributed by atoms with E-state index in [9.17, 15) is 14.7 Å². The molecule has 17 heavy (non-hydrogen) atoms. The Labute approximate surface area is 110 Å². The van der Waals surface area contributed by atoms with Crippen molar-refractivity contribution in [2.75, 3.05) is 0 Å². The van der Waals surface area contributed by atoms with Crippen molar-refractivity contribution < 1.29 is 14.7 Å². The highest BCUT2D eigenvalue weighted by atomic mass is 35.5. The molecule has 1 aromatic carbocycles. The summed E-state index contributed by atoms with van der Waals surface area (Å²) >= 11 is 5.78. The van der Waals surface area contributed by atoms with Gasteiger partial charge >= 0.3 is 6.03 Å². The summed E-state index contributed by atoms with van der Waals surface area (Å²) in [5, 5.41) is 13.9. The second-order valence-corrected chi connectivity index (χ2v) is 5.92. The van der Waals surface area contributed by atoms with Crippen molar-refractivity contribution >= 4 is 45.1 Å². The van der Waals surface area contributed by atoms with Crippen LogP contribution in [-0.4, -0.2) is 22.4 Å². The maximum Gasteiger partial charge on any atom is 0.322 e. The summed E-state index contributed by atoms with van der Waals surface area (Å²) in [7, 11) is 2.30. The first-order valence-electron chi connectivity index (χ1n) is 4.49. The van der Waals surface area contributed by atoms with Crippen LogP contribution in [-0.2, 0) is 4.79 Å². The number of amides is 3. The van der Waals surface area contributed by atoms with Crippen molar-refractivity contribution in [3.05, 3.63) is 23.2 Å². The van der Waals surface area contributed by atoms with Crippen molar-refractivity contribution in [2.24, 2.45) is 0 Å². The number of nitrogens with one attached hydrogen (secondary N) is 2. The Morgan fingerprint density at radius 1 is 1.35 bits per heavy atom. The third-order valence-corrected chi connectivity index (χ3v) is 4.66. The smallest absolute Gasteiger partial charge is 0.322 e. The highest BCUT2D eigenvalue weighted by Gasteiger charge is 2.30. The summed E-state index contributed by atoms with van der Waals surface area (Å²) in [6.07, 6.45) is 0. The molecule has 1 aliphatic rings. The maximum atomic E-state index is 11.2. The van der Waals surface area contributed by atoms with Gasteiger partial charge in [0, 0.05) is 5.02 Å². The first-order valence-corrected chi connectivity index (χ1v) is 7.08. The Hall–Kier alpha value is -1.05. The molecule has 1 saturated heterocycles. The Kier molecular flexibility index (Phi) is 3.70. The number of hydrogen-bond donors (Lipinski definition) is 3. The van der Waals surface area contributed by atoms with Gasteiger partial charge in [0.25, 0.3) is 5.91 Å².